The first-order valence-corrected chi connectivity index (χ1v) is 4.74. The van der Waals surface area contributed by atoms with Gasteiger partial charge in [0.2, 0.25) is 0 Å². The van der Waals surface area contributed by atoms with Crippen LogP contribution in [0.5, 0.6) is 0 Å². The quantitative estimate of drug-likeness (QED) is 0.569. The van der Waals surface area contributed by atoms with Crippen LogP contribution in [-0.2, 0) is 7.05 Å². The van der Waals surface area contributed by atoms with Crippen molar-refractivity contribution in [2.45, 2.75) is 0 Å². The van der Waals surface area contributed by atoms with E-state index in [0.29, 0.717) is 11.2 Å². The van der Waals surface area contributed by atoms with Gasteiger partial charge in [-0.05, 0) is 18.2 Å². The number of halogens is 1. The number of aromatic nitrogens is 2. The summed E-state index contributed by atoms with van der Waals surface area (Å²) in [5.74, 6) is 0. The van der Waals surface area contributed by atoms with Crippen molar-refractivity contribution in [3.8, 4) is 6.07 Å². The van der Waals surface area contributed by atoms with Crippen LogP contribution in [-0.4, -0.2) is 10.1 Å². The summed E-state index contributed by atoms with van der Waals surface area (Å²) in [5.41, 5.74) is 1.05. The van der Waals surface area contributed by atoms with E-state index in [9.17, 15) is 5.21 Å². The van der Waals surface area contributed by atoms with Crippen molar-refractivity contribution in [1.29, 1.82) is 5.26 Å². The smallest absolute Gasteiger partial charge is 0.319 e. The normalized spacial score (nSPS) is 10.4. The van der Waals surface area contributed by atoms with E-state index in [1.807, 2.05) is 12.1 Å². The lowest BCUT2D eigenvalue weighted by Crippen LogP contribution is -2.40. The highest BCUT2D eigenvalue weighted by Crippen LogP contribution is 2.20. The van der Waals surface area contributed by atoms with Crippen LogP contribution < -0.4 is 4.68 Å². The Kier molecular flexibility index (Phi) is 1.93. The van der Waals surface area contributed by atoms with Crippen molar-refractivity contribution < 1.29 is 9.89 Å². The molecule has 0 spiro atoms. The van der Waals surface area contributed by atoms with E-state index >= 15 is 0 Å². The zero-order valence-electron chi connectivity index (χ0n) is 7.40. The molecule has 0 fully saturated rings. The molecule has 0 aliphatic heterocycles. The molecule has 0 bridgehead atoms. The molecule has 4 nitrogen and oxygen atoms in total. The second-order valence-corrected chi connectivity index (χ2v) is 3.85. The highest BCUT2D eigenvalue weighted by atomic mass is 79.9. The molecule has 2 rings (SSSR count). The molecule has 70 valence electrons. The summed E-state index contributed by atoms with van der Waals surface area (Å²) in [4.78, 5) is 0.957. The number of fused-ring (bicyclic) bond motifs is 1. The van der Waals surface area contributed by atoms with Gasteiger partial charge >= 0.3 is 5.69 Å². The second kappa shape index (κ2) is 3.00. The van der Waals surface area contributed by atoms with E-state index in [1.54, 1.807) is 19.2 Å². The van der Waals surface area contributed by atoms with Gasteiger partial charge in [-0.2, -0.15) is 5.26 Å². The first-order valence-electron chi connectivity index (χ1n) is 3.95. The van der Waals surface area contributed by atoms with Gasteiger partial charge in [0, 0.05) is 9.32 Å². The van der Waals surface area contributed by atoms with Crippen molar-refractivity contribution in [3.05, 3.63) is 28.4 Å². The van der Waals surface area contributed by atoms with Crippen LogP contribution in [0.15, 0.2) is 22.7 Å². The van der Waals surface area contributed by atoms with E-state index in [4.69, 9.17) is 5.26 Å². The Labute approximate surface area is 88.7 Å². The van der Waals surface area contributed by atoms with Crippen molar-refractivity contribution >= 4 is 26.8 Å². The van der Waals surface area contributed by atoms with Crippen LogP contribution in [0.2, 0.25) is 0 Å². The minimum Gasteiger partial charge on any atom is -0.383 e. The number of benzene rings is 1. The third-order valence-corrected chi connectivity index (χ3v) is 2.64. The molecule has 1 N–H and O–H groups in total. The van der Waals surface area contributed by atoms with Gasteiger partial charge < -0.3 is 5.21 Å². The van der Waals surface area contributed by atoms with Gasteiger partial charge in [0.25, 0.3) is 0 Å². The van der Waals surface area contributed by atoms with E-state index in [-0.39, 0.29) is 0 Å². The predicted octanol–water partition coefficient (Wildman–Crippen LogP) is 1.34. The molecule has 2 aromatic rings. The maximum absolute atomic E-state index is 9.64. The highest BCUT2D eigenvalue weighted by molar-refractivity contribution is 9.10. The lowest BCUT2D eigenvalue weighted by Gasteiger charge is -1.89. The molecule has 1 aromatic carbocycles. The molecule has 0 aliphatic carbocycles. The third-order valence-electron chi connectivity index (χ3n) is 2.14. The van der Waals surface area contributed by atoms with Crippen LogP contribution in [0, 0.1) is 11.3 Å². The van der Waals surface area contributed by atoms with Crippen LogP contribution in [0.4, 0.5) is 0 Å². The Morgan fingerprint density at radius 1 is 1.57 bits per heavy atom. The fourth-order valence-electron chi connectivity index (χ4n) is 1.43. The number of nitriles is 1. The number of hydrogen-bond donors (Lipinski definition) is 1. The van der Waals surface area contributed by atoms with E-state index in [2.05, 4.69) is 15.9 Å². The third kappa shape index (κ3) is 1.08. The maximum atomic E-state index is 9.64. The summed E-state index contributed by atoms with van der Waals surface area (Å²) in [5, 5.41) is 19.3. The summed E-state index contributed by atoms with van der Waals surface area (Å²) < 4.78 is 2.26. The maximum Gasteiger partial charge on any atom is 0.319 e. The Balaban J connectivity index is 2.97. The zero-order chi connectivity index (χ0) is 10.3. The standard InChI is InChI=1S/C9H7BrN3O/c1-12-9(5-11)7-3-2-6(10)4-8(7)13(12)14/h2-4,14H,1H3/q+1. The Morgan fingerprint density at radius 2 is 2.29 bits per heavy atom. The van der Waals surface area contributed by atoms with E-state index < -0.39 is 0 Å². The summed E-state index contributed by atoms with van der Waals surface area (Å²) in [7, 11) is 1.63. The van der Waals surface area contributed by atoms with Gasteiger partial charge in [-0.1, -0.05) is 20.6 Å². The topological polar surface area (TPSA) is 52.8 Å². The number of rotatable bonds is 0. The molecule has 0 radical (unpaired) electrons. The van der Waals surface area contributed by atoms with Crippen molar-refractivity contribution in [1.82, 2.24) is 4.85 Å². The molecule has 1 aromatic heterocycles. The Hall–Kier alpha value is -1.54. The Bertz CT molecular complexity index is 553. The average Bonchev–Trinajstić information content (AvgIpc) is 2.41. The average molecular weight is 253 g/mol. The Morgan fingerprint density at radius 3 is 2.93 bits per heavy atom. The minimum absolute atomic E-state index is 0.440. The zero-order valence-corrected chi connectivity index (χ0v) is 8.98. The lowest BCUT2D eigenvalue weighted by atomic mass is 10.2. The van der Waals surface area contributed by atoms with Gasteiger partial charge in [-0.15, -0.1) is 0 Å². The molecular weight excluding hydrogens is 246 g/mol. The minimum atomic E-state index is 0.440. The van der Waals surface area contributed by atoms with Gasteiger partial charge in [-0.3, -0.25) is 0 Å². The van der Waals surface area contributed by atoms with Crippen LogP contribution in [0.1, 0.15) is 5.69 Å². The fourth-order valence-corrected chi connectivity index (χ4v) is 1.78. The van der Waals surface area contributed by atoms with Crippen molar-refractivity contribution in [2.24, 2.45) is 7.05 Å². The molecule has 1 heterocycles. The molecule has 5 heteroatoms. The lowest BCUT2D eigenvalue weighted by molar-refractivity contribution is -0.779. The monoisotopic (exact) mass is 252 g/mol. The van der Waals surface area contributed by atoms with Gasteiger partial charge in [-0.25, -0.2) is 0 Å². The molecule has 0 saturated heterocycles. The van der Waals surface area contributed by atoms with Crippen molar-refractivity contribution in [3.63, 3.8) is 0 Å². The molecule has 0 atom stereocenters. The highest BCUT2D eigenvalue weighted by Gasteiger charge is 2.21. The van der Waals surface area contributed by atoms with Crippen LogP contribution in [0.3, 0.4) is 0 Å². The second-order valence-electron chi connectivity index (χ2n) is 2.93. The predicted molar refractivity (Wildman–Crippen MR) is 52.7 cm³/mol. The molecule has 0 unspecified atom stereocenters. The first-order chi connectivity index (χ1) is 6.65. The summed E-state index contributed by atoms with van der Waals surface area (Å²) >= 11 is 3.31. The SMILES string of the molecule is C[n+]1c(C#N)c2ccc(Br)cc2n1O. The van der Waals surface area contributed by atoms with Gasteiger partial charge in [0.1, 0.15) is 0 Å². The first kappa shape index (κ1) is 9.03. The van der Waals surface area contributed by atoms with E-state index in [0.717, 1.165) is 14.7 Å². The van der Waals surface area contributed by atoms with Crippen LogP contribution in [0.25, 0.3) is 10.9 Å². The largest absolute Gasteiger partial charge is 0.383 e. The molecule has 0 saturated carbocycles. The number of hydrogen-bond acceptors (Lipinski definition) is 2. The van der Waals surface area contributed by atoms with Crippen LogP contribution >= 0.6 is 15.9 Å². The van der Waals surface area contributed by atoms with Gasteiger partial charge in [0.05, 0.1) is 5.39 Å². The fraction of sp³-hybridized carbons (Fsp3) is 0.111. The molecular formula is C9H7BrN3O+. The summed E-state index contributed by atoms with van der Waals surface area (Å²) in [6, 6.07) is 7.44. The molecule has 0 amide bonds. The summed E-state index contributed by atoms with van der Waals surface area (Å²) in [6.45, 7) is 0. The van der Waals surface area contributed by atoms with Crippen molar-refractivity contribution in [2.75, 3.05) is 0 Å². The number of nitrogens with zero attached hydrogens (tertiary/aromatic N) is 3. The molecule has 0 aliphatic rings. The van der Waals surface area contributed by atoms with E-state index in [1.165, 1.54) is 4.68 Å². The molecule has 14 heavy (non-hydrogen) atoms. The summed E-state index contributed by atoms with van der Waals surface area (Å²) in [6.07, 6.45) is 0. The van der Waals surface area contributed by atoms with Gasteiger partial charge in [0.15, 0.2) is 18.6 Å².